The number of benzene rings is 1. The van der Waals surface area contributed by atoms with Crippen LogP contribution in [0.2, 0.25) is 0 Å². The maximum atomic E-state index is 12.5. The SMILES string of the molecule is CN1CCN(NC(=O)c2ccccc2-c2ccco2)CC1. The Kier molecular flexibility index (Phi) is 4.03. The van der Waals surface area contributed by atoms with Crippen molar-refractivity contribution in [3.05, 3.63) is 48.2 Å². The minimum Gasteiger partial charge on any atom is -0.464 e. The molecule has 21 heavy (non-hydrogen) atoms. The molecule has 0 aliphatic carbocycles. The summed E-state index contributed by atoms with van der Waals surface area (Å²) in [5.41, 5.74) is 4.43. The van der Waals surface area contributed by atoms with Gasteiger partial charge in [0, 0.05) is 31.7 Å². The molecule has 0 bridgehead atoms. The number of furan rings is 1. The molecule has 0 saturated carbocycles. The largest absolute Gasteiger partial charge is 0.464 e. The lowest BCUT2D eigenvalue weighted by molar-refractivity contribution is 0.0663. The van der Waals surface area contributed by atoms with Crippen LogP contribution in [0.1, 0.15) is 10.4 Å². The lowest BCUT2D eigenvalue weighted by Gasteiger charge is -2.32. The molecule has 3 rings (SSSR count). The summed E-state index contributed by atoms with van der Waals surface area (Å²) in [4.78, 5) is 14.8. The molecule has 1 amide bonds. The van der Waals surface area contributed by atoms with E-state index in [2.05, 4.69) is 17.4 Å². The van der Waals surface area contributed by atoms with E-state index in [0.29, 0.717) is 11.3 Å². The molecule has 2 heterocycles. The number of nitrogens with one attached hydrogen (secondary N) is 1. The summed E-state index contributed by atoms with van der Waals surface area (Å²) in [6.45, 7) is 3.59. The monoisotopic (exact) mass is 285 g/mol. The molecule has 1 aliphatic rings. The first kappa shape index (κ1) is 13.9. The van der Waals surface area contributed by atoms with Crippen LogP contribution in [0, 0.1) is 0 Å². The highest BCUT2D eigenvalue weighted by Gasteiger charge is 2.19. The molecule has 5 heteroatoms. The van der Waals surface area contributed by atoms with Crippen LogP contribution in [0.4, 0.5) is 0 Å². The van der Waals surface area contributed by atoms with Gasteiger partial charge in [-0.25, -0.2) is 5.01 Å². The van der Waals surface area contributed by atoms with Crippen LogP contribution >= 0.6 is 0 Å². The molecule has 5 nitrogen and oxygen atoms in total. The smallest absolute Gasteiger partial charge is 0.266 e. The number of hydrazine groups is 1. The molecule has 0 atom stereocenters. The second kappa shape index (κ2) is 6.11. The summed E-state index contributed by atoms with van der Waals surface area (Å²) < 4.78 is 5.41. The van der Waals surface area contributed by atoms with Gasteiger partial charge in [0.05, 0.1) is 11.8 Å². The van der Waals surface area contributed by atoms with Gasteiger partial charge < -0.3 is 9.32 Å². The van der Waals surface area contributed by atoms with Gasteiger partial charge in [0.2, 0.25) is 0 Å². The van der Waals surface area contributed by atoms with Gasteiger partial charge in [-0.1, -0.05) is 18.2 Å². The van der Waals surface area contributed by atoms with Crippen LogP contribution in [0.3, 0.4) is 0 Å². The van der Waals surface area contributed by atoms with Crippen LogP contribution in [0.15, 0.2) is 47.1 Å². The third-order valence-electron chi connectivity index (χ3n) is 3.72. The summed E-state index contributed by atoms with van der Waals surface area (Å²) in [6, 6.07) is 11.2. The Balaban J connectivity index is 1.76. The first-order chi connectivity index (χ1) is 10.2. The Morgan fingerprint density at radius 2 is 1.86 bits per heavy atom. The van der Waals surface area contributed by atoms with Crippen molar-refractivity contribution in [1.82, 2.24) is 15.3 Å². The minimum absolute atomic E-state index is 0.0912. The molecule has 1 aliphatic heterocycles. The van der Waals surface area contributed by atoms with E-state index >= 15 is 0 Å². The number of hydrogen-bond acceptors (Lipinski definition) is 4. The van der Waals surface area contributed by atoms with Crippen molar-refractivity contribution in [1.29, 1.82) is 0 Å². The molecule has 1 N–H and O–H groups in total. The highest BCUT2D eigenvalue weighted by atomic mass is 16.3. The van der Waals surface area contributed by atoms with Gasteiger partial charge in [0.15, 0.2) is 0 Å². The number of carbonyl (C=O) groups excluding carboxylic acids is 1. The van der Waals surface area contributed by atoms with Gasteiger partial charge in [-0.15, -0.1) is 0 Å². The second-order valence-corrected chi connectivity index (χ2v) is 5.25. The van der Waals surface area contributed by atoms with E-state index in [-0.39, 0.29) is 5.91 Å². The zero-order valence-corrected chi connectivity index (χ0v) is 12.1. The topological polar surface area (TPSA) is 48.7 Å². The molecule has 1 fully saturated rings. The first-order valence-corrected chi connectivity index (χ1v) is 7.11. The predicted octanol–water partition coefficient (Wildman–Crippen LogP) is 1.84. The number of amides is 1. The van der Waals surface area contributed by atoms with Crippen molar-refractivity contribution >= 4 is 5.91 Å². The maximum absolute atomic E-state index is 12.5. The third-order valence-corrected chi connectivity index (χ3v) is 3.72. The lowest BCUT2D eigenvalue weighted by Crippen LogP contribution is -2.52. The molecule has 0 spiro atoms. The maximum Gasteiger partial charge on any atom is 0.266 e. The van der Waals surface area contributed by atoms with Crippen LogP contribution < -0.4 is 5.43 Å². The Labute approximate surface area is 124 Å². The van der Waals surface area contributed by atoms with Crippen molar-refractivity contribution in [3.63, 3.8) is 0 Å². The van der Waals surface area contributed by atoms with Crippen molar-refractivity contribution in [3.8, 4) is 11.3 Å². The van der Waals surface area contributed by atoms with E-state index in [1.807, 2.05) is 41.4 Å². The molecule has 2 aromatic rings. The van der Waals surface area contributed by atoms with Crippen LogP contribution in [0.25, 0.3) is 11.3 Å². The van der Waals surface area contributed by atoms with E-state index in [1.165, 1.54) is 0 Å². The molecule has 110 valence electrons. The number of nitrogens with zero attached hydrogens (tertiary/aromatic N) is 2. The van der Waals surface area contributed by atoms with Gasteiger partial charge in [-0.2, -0.15) is 0 Å². The van der Waals surface area contributed by atoms with Gasteiger partial charge in [-0.3, -0.25) is 10.2 Å². The summed E-state index contributed by atoms with van der Waals surface area (Å²) in [7, 11) is 2.09. The third kappa shape index (κ3) is 3.15. The van der Waals surface area contributed by atoms with Crippen LogP contribution in [-0.2, 0) is 0 Å². The lowest BCUT2D eigenvalue weighted by atomic mass is 10.1. The quantitative estimate of drug-likeness (QED) is 0.935. The van der Waals surface area contributed by atoms with Crippen molar-refractivity contribution < 1.29 is 9.21 Å². The highest BCUT2D eigenvalue weighted by Crippen LogP contribution is 2.24. The zero-order chi connectivity index (χ0) is 14.7. The highest BCUT2D eigenvalue weighted by molar-refractivity contribution is 6.00. The summed E-state index contributed by atoms with van der Waals surface area (Å²) >= 11 is 0. The Hall–Kier alpha value is -2.11. The van der Waals surface area contributed by atoms with Gasteiger partial charge >= 0.3 is 0 Å². The summed E-state index contributed by atoms with van der Waals surface area (Å²) in [6.07, 6.45) is 1.62. The normalized spacial score (nSPS) is 16.8. The van der Waals surface area contributed by atoms with E-state index in [9.17, 15) is 4.79 Å². The molecule has 1 aromatic carbocycles. The second-order valence-electron chi connectivity index (χ2n) is 5.25. The molecule has 0 radical (unpaired) electrons. The Morgan fingerprint density at radius 3 is 2.57 bits per heavy atom. The fourth-order valence-electron chi connectivity index (χ4n) is 2.45. The van der Waals surface area contributed by atoms with Crippen molar-refractivity contribution in [2.45, 2.75) is 0 Å². The standard InChI is InChI=1S/C16H19N3O2/c1-18-8-10-19(11-9-18)17-16(20)14-6-3-2-5-13(14)15-7-4-12-21-15/h2-7,12H,8-11H2,1H3,(H,17,20). The van der Waals surface area contributed by atoms with E-state index in [4.69, 9.17) is 4.42 Å². The van der Waals surface area contributed by atoms with Crippen molar-refractivity contribution in [2.75, 3.05) is 33.2 Å². The summed E-state index contributed by atoms with van der Waals surface area (Å²) in [5.74, 6) is 0.616. The molecule has 0 unspecified atom stereocenters. The summed E-state index contributed by atoms with van der Waals surface area (Å²) in [5, 5.41) is 1.97. The Bertz CT molecular complexity index is 602. The molecular formula is C16H19N3O2. The van der Waals surface area contributed by atoms with Gasteiger partial charge in [-0.05, 0) is 25.2 Å². The fourth-order valence-corrected chi connectivity index (χ4v) is 2.45. The van der Waals surface area contributed by atoms with Crippen molar-refractivity contribution in [2.24, 2.45) is 0 Å². The number of hydrogen-bond donors (Lipinski definition) is 1. The predicted molar refractivity (Wildman–Crippen MR) is 80.7 cm³/mol. The van der Waals surface area contributed by atoms with E-state index in [0.717, 1.165) is 31.7 Å². The molecular weight excluding hydrogens is 266 g/mol. The minimum atomic E-state index is -0.0912. The Morgan fingerprint density at radius 1 is 1.10 bits per heavy atom. The molecule has 1 aromatic heterocycles. The fraction of sp³-hybridized carbons (Fsp3) is 0.312. The average molecular weight is 285 g/mol. The number of rotatable bonds is 3. The first-order valence-electron chi connectivity index (χ1n) is 7.11. The van der Waals surface area contributed by atoms with E-state index < -0.39 is 0 Å². The van der Waals surface area contributed by atoms with E-state index in [1.54, 1.807) is 6.26 Å². The number of likely N-dealkylation sites (N-methyl/N-ethyl adjacent to an activating group) is 1. The van der Waals surface area contributed by atoms with Gasteiger partial charge in [0.25, 0.3) is 5.91 Å². The van der Waals surface area contributed by atoms with Crippen LogP contribution in [0.5, 0.6) is 0 Å². The molecule has 1 saturated heterocycles. The zero-order valence-electron chi connectivity index (χ0n) is 12.1. The van der Waals surface area contributed by atoms with Gasteiger partial charge in [0.1, 0.15) is 5.76 Å². The number of carbonyl (C=O) groups is 1. The van der Waals surface area contributed by atoms with Crippen LogP contribution in [-0.4, -0.2) is 49.0 Å². The average Bonchev–Trinajstić information content (AvgIpc) is 3.04. The number of piperazine rings is 1.